The first kappa shape index (κ1) is 13.5. The van der Waals surface area contributed by atoms with Crippen LogP contribution in [0, 0.1) is 5.82 Å². The van der Waals surface area contributed by atoms with E-state index in [1.165, 1.54) is 12.1 Å². The predicted octanol–water partition coefficient (Wildman–Crippen LogP) is 3.07. The Hall–Kier alpha value is -2.49. The summed E-state index contributed by atoms with van der Waals surface area (Å²) in [5, 5.41) is 5.43. The molecule has 0 bridgehead atoms. The maximum atomic E-state index is 12.9. The number of hydrogen-bond acceptors (Lipinski definition) is 2. The Kier molecular flexibility index (Phi) is 3.52. The molecule has 0 unspecified atom stereocenters. The molecule has 3 aromatic rings. The van der Waals surface area contributed by atoms with E-state index in [-0.39, 0.29) is 11.6 Å². The lowest BCUT2D eigenvalue weighted by molar-refractivity contribution is -0.117. The van der Waals surface area contributed by atoms with Gasteiger partial charge in [0.15, 0.2) is 0 Å². The minimum Gasteiger partial charge on any atom is -0.299 e. The Morgan fingerprint density at radius 3 is 2.57 bits per heavy atom. The summed E-state index contributed by atoms with van der Waals surface area (Å²) in [5.41, 5.74) is 2.63. The zero-order valence-electron chi connectivity index (χ0n) is 11.7. The molecule has 0 aliphatic heterocycles. The van der Waals surface area contributed by atoms with Crippen LogP contribution in [0.2, 0.25) is 0 Å². The fraction of sp³-hybridized carbons (Fsp3) is 0.176. The molecule has 3 rings (SSSR count). The van der Waals surface area contributed by atoms with Crippen molar-refractivity contribution in [3.8, 4) is 0 Å². The summed E-state index contributed by atoms with van der Waals surface area (Å²) in [4.78, 5) is 12.2. The fourth-order valence-corrected chi connectivity index (χ4v) is 2.50. The van der Waals surface area contributed by atoms with Gasteiger partial charge >= 0.3 is 0 Å². The first-order valence-electron chi connectivity index (χ1n) is 6.80. The van der Waals surface area contributed by atoms with Crippen molar-refractivity contribution in [2.24, 2.45) is 7.05 Å². The van der Waals surface area contributed by atoms with Crippen LogP contribution in [0.15, 0.2) is 48.5 Å². The molecule has 0 N–H and O–H groups in total. The number of carbonyl (C=O) groups excluding carboxylic acids is 1. The van der Waals surface area contributed by atoms with Crippen LogP contribution in [0.5, 0.6) is 0 Å². The number of aromatic nitrogens is 2. The second kappa shape index (κ2) is 5.48. The molecular weight excluding hydrogens is 267 g/mol. The molecule has 2 aromatic carbocycles. The van der Waals surface area contributed by atoms with E-state index in [2.05, 4.69) is 5.10 Å². The zero-order chi connectivity index (χ0) is 14.8. The van der Waals surface area contributed by atoms with Gasteiger partial charge in [-0.25, -0.2) is 4.39 Å². The molecular formula is C17H15FN2O. The molecule has 0 aliphatic rings. The molecule has 3 nitrogen and oxygen atoms in total. The van der Waals surface area contributed by atoms with Gasteiger partial charge in [-0.3, -0.25) is 9.48 Å². The monoisotopic (exact) mass is 282 g/mol. The van der Waals surface area contributed by atoms with E-state index in [1.807, 2.05) is 31.3 Å². The Morgan fingerprint density at radius 1 is 1.10 bits per heavy atom. The molecule has 4 heteroatoms. The number of aryl methyl sites for hydroxylation is 1. The maximum Gasteiger partial charge on any atom is 0.143 e. The van der Waals surface area contributed by atoms with Gasteiger partial charge in [0.1, 0.15) is 11.6 Å². The average Bonchev–Trinajstić information content (AvgIpc) is 2.78. The number of halogens is 1. The average molecular weight is 282 g/mol. The third kappa shape index (κ3) is 2.84. The van der Waals surface area contributed by atoms with E-state index >= 15 is 0 Å². The minimum absolute atomic E-state index is 0.0745. The maximum absolute atomic E-state index is 12.9. The van der Waals surface area contributed by atoms with Crippen molar-refractivity contribution in [3.05, 3.63) is 65.6 Å². The van der Waals surface area contributed by atoms with Crippen molar-refractivity contribution in [1.29, 1.82) is 0 Å². The summed E-state index contributed by atoms with van der Waals surface area (Å²) in [7, 11) is 1.87. The quantitative estimate of drug-likeness (QED) is 0.737. The molecule has 0 spiro atoms. The normalized spacial score (nSPS) is 11.0. The third-order valence-electron chi connectivity index (χ3n) is 3.51. The lowest BCUT2D eigenvalue weighted by Gasteiger charge is -2.00. The molecule has 21 heavy (non-hydrogen) atoms. The number of hydrogen-bond donors (Lipinski definition) is 0. The molecule has 106 valence electrons. The molecule has 0 saturated heterocycles. The van der Waals surface area contributed by atoms with Crippen molar-refractivity contribution < 1.29 is 9.18 Å². The number of benzene rings is 2. The molecule has 0 aliphatic carbocycles. The highest BCUT2D eigenvalue weighted by molar-refractivity contribution is 5.89. The van der Waals surface area contributed by atoms with Crippen molar-refractivity contribution in [2.45, 2.75) is 12.8 Å². The van der Waals surface area contributed by atoms with Gasteiger partial charge in [-0.1, -0.05) is 30.3 Å². The van der Waals surface area contributed by atoms with Gasteiger partial charge in [-0.2, -0.15) is 5.10 Å². The van der Waals surface area contributed by atoms with Crippen LogP contribution in [-0.4, -0.2) is 15.6 Å². The Balaban J connectivity index is 1.79. The number of carbonyl (C=O) groups is 1. The minimum atomic E-state index is -0.290. The van der Waals surface area contributed by atoms with Crippen LogP contribution in [0.25, 0.3) is 10.9 Å². The zero-order valence-corrected chi connectivity index (χ0v) is 11.7. The molecule has 0 amide bonds. The standard InChI is InChI=1S/C17H15FN2O/c1-20-17-5-3-2-4-15(17)16(19-20)11-14(21)10-12-6-8-13(18)9-7-12/h2-9H,10-11H2,1H3. The van der Waals surface area contributed by atoms with Crippen molar-refractivity contribution in [3.63, 3.8) is 0 Å². The SMILES string of the molecule is Cn1nc(CC(=O)Cc2ccc(F)cc2)c2ccccc21. The summed E-state index contributed by atoms with van der Waals surface area (Å²) >= 11 is 0. The molecule has 1 heterocycles. The lowest BCUT2D eigenvalue weighted by Crippen LogP contribution is -2.07. The number of Topliss-reactive ketones (excluding diaryl/α,β-unsaturated/α-hetero) is 1. The summed E-state index contributed by atoms with van der Waals surface area (Å²) in [6, 6.07) is 13.9. The third-order valence-corrected chi connectivity index (χ3v) is 3.51. The first-order valence-corrected chi connectivity index (χ1v) is 6.80. The van der Waals surface area contributed by atoms with E-state index < -0.39 is 0 Å². The number of ketones is 1. The van der Waals surface area contributed by atoms with Gasteiger partial charge in [0.25, 0.3) is 0 Å². The van der Waals surface area contributed by atoms with Gasteiger partial charge in [0, 0.05) is 18.9 Å². The van der Waals surface area contributed by atoms with Crippen LogP contribution < -0.4 is 0 Å². The van der Waals surface area contributed by atoms with Gasteiger partial charge < -0.3 is 0 Å². The van der Waals surface area contributed by atoms with Gasteiger partial charge in [-0.05, 0) is 23.8 Å². The highest BCUT2D eigenvalue weighted by Crippen LogP contribution is 2.18. The van der Waals surface area contributed by atoms with Crippen LogP contribution in [0.1, 0.15) is 11.3 Å². The summed E-state index contributed by atoms with van der Waals surface area (Å²) in [6.07, 6.45) is 0.587. The Bertz CT molecular complexity index is 790. The van der Waals surface area contributed by atoms with E-state index in [1.54, 1.807) is 16.8 Å². The second-order valence-corrected chi connectivity index (χ2v) is 5.11. The summed E-state index contributed by atoms with van der Waals surface area (Å²) in [6.45, 7) is 0. The summed E-state index contributed by atoms with van der Waals surface area (Å²) < 4.78 is 14.6. The number of fused-ring (bicyclic) bond motifs is 1. The second-order valence-electron chi connectivity index (χ2n) is 5.11. The molecule has 0 atom stereocenters. The largest absolute Gasteiger partial charge is 0.299 e. The Labute approximate surface area is 122 Å². The van der Waals surface area contributed by atoms with Crippen LogP contribution >= 0.6 is 0 Å². The molecule has 0 fully saturated rings. The van der Waals surface area contributed by atoms with E-state index in [0.29, 0.717) is 12.8 Å². The number of nitrogens with zero attached hydrogens (tertiary/aromatic N) is 2. The smallest absolute Gasteiger partial charge is 0.143 e. The molecule has 1 aromatic heterocycles. The van der Waals surface area contributed by atoms with Crippen molar-refractivity contribution >= 4 is 16.7 Å². The van der Waals surface area contributed by atoms with E-state index in [0.717, 1.165) is 22.2 Å². The Morgan fingerprint density at radius 2 is 1.81 bits per heavy atom. The topological polar surface area (TPSA) is 34.9 Å². The highest BCUT2D eigenvalue weighted by atomic mass is 19.1. The van der Waals surface area contributed by atoms with Gasteiger partial charge in [0.2, 0.25) is 0 Å². The fourth-order valence-electron chi connectivity index (χ4n) is 2.50. The molecule has 0 radical (unpaired) electrons. The van der Waals surface area contributed by atoms with Crippen molar-refractivity contribution in [2.75, 3.05) is 0 Å². The number of para-hydroxylation sites is 1. The van der Waals surface area contributed by atoms with Crippen LogP contribution in [-0.2, 0) is 24.7 Å². The van der Waals surface area contributed by atoms with Crippen molar-refractivity contribution in [1.82, 2.24) is 9.78 Å². The van der Waals surface area contributed by atoms with Crippen LogP contribution in [0.4, 0.5) is 4.39 Å². The van der Waals surface area contributed by atoms with Gasteiger partial charge in [0.05, 0.1) is 17.6 Å². The van der Waals surface area contributed by atoms with Crippen LogP contribution in [0.3, 0.4) is 0 Å². The van der Waals surface area contributed by atoms with Gasteiger partial charge in [-0.15, -0.1) is 0 Å². The predicted molar refractivity (Wildman–Crippen MR) is 79.5 cm³/mol. The first-order chi connectivity index (χ1) is 10.1. The van der Waals surface area contributed by atoms with E-state index in [9.17, 15) is 9.18 Å². The lowest BCUT2D eigenvalue weighted by atomic mass is 10.0. The summed E-state index contributed by atoms with van der Waals surface area (Å²) in [5.74, 6) is -0.215. The highest BCUT2D eigenvalue weighted by Gasteiger charge is 2.12. The number of rotatable bonds is 4. The molecule has 0 saturated carbocycles. The van der Waals surface area contributed by atoms with E-state index in [4.69, 9.17) is 0 Å².